The molecule has 1 aromatic carbocycles. The van der Waals surface area contributed by atoms with E-state index < -0.39 is 0 Å². The molecule has 3 heteroatoms. The molecule has 1 aliphatic heterocycles. The lowest BCUT2D eigenvalue weighted by molar-refractivity contribution is 0.766. The maximum absolute atomic E-state index is 4.43. The summed E-state index contributed by atoms with van der Waals surface area (Å²) in [6.45, 7) is 3.92. The number of aromatic nitrogens is 1. The van der Waals surface area contributed by atoms with E-state index in [-0.39, 0.29) is 0 Å². The number of fused-ring (bicyclic) bond motifs is 1. The summed E-state index contributed by atoms with van der Waals surface area (Å²) in [7, 11) is 0. The highest BCUT2D eigenvalue weighted by molar-refractivity contribution is 5.66. The molecule has 1 aromatic heterocycles. The fourth-order valence-corrected chi connectivity index (χ4v) is 2.33. The van der Waals surface area contributed by atoms with E-state index in [2.05, 4.69) is 58.9 Å². The molecular formula is C15H17N3. The standard InChI is InChI=1S/C15H17N3/c1-11-7-14-15(17-8-11)18-10-13(9-16-14)12-5-3-2-4-6-12/h2-8,13,16H,9-10H2,1H3,(H,17,18). The Labute approximate surface area is 107 Å². The number of nitrogens with zero attached hydrogens (tertiary/aromatic N) is 1. The molecule has 0 amide bonds. The Kier molecular flexibility index (Phi) is 2.89. The highest BCUT2D eigenvalue weighted by atomic mass is 15.1. The first-order valence-corrected chi connectivity index (χ1v) is 6.32. The van der Waals surface area contributed by atoms with Crippen molar-refractivity contribution < 1.29 is 0 Å². The summed E-state index contributed by atoms with van der Waals surface area (Å²) in [6.07, 6.45) is 1.90. The first-order chi connectivity index (χ1) is 8.83. The van der Waals surface area contributed by atoms with Crippen LogP contribution in [0.25, 0.3) is 0 Å². The molecule has 1 unspecified atom stereocenters. The van der Waals surface area contributed by atoms with E-state index in [4.69, 9.17) is 0 Å². The number of benzene rings is 1. The Morgan fingerprint density at radius 3 is 2.72 bits per heavy atom. The van der Waals surface area contributed by atoms with Crippen molar-refractivity contribution in [2.24, 2.45) is 0 Å². The van der Waals surface area contributed by atoms with Crippen LogP contribution in [0.1, 0.15) is 17.0 Å². The molecule has 0 saturated heterocycles. The maximum atomic E-state index is 4.43. The van der Waals surface area contributed by atoms with Crippen LogP contribution in [-0.4, -0.2) is 18.1 Å². The molecule has 3 rings (SSSR count). The number of rotatable bonds is 1. The molecule has 0 radical (unpaired) electrons. The number of hydrogen-bond acceptors (Lipinski definition) is 3. The highest BCUT2D eigenvalue weighted by Gasteiger charge is 2.17. The van der Waals surface area contributed by atoms with E-state index in [1.54, 1.807) is 0 Å². The lowest BCUT2D eigenvalue weighted by atomic mass is 9.99. The highest BCUT2D eigenvalue weighted by Crippen LogP contribution is 2.26. The molecule has 2 aromatic rings. The molecule has 0 saturated carbocycles. The van der Waals surface area contributed by atoms with Gasteiger partial charge in [-0.2, -0.15) is 0 Å². The molecular weight excluding hydrogens is 222 g/mol. The zero-order chi connectivity index (χ0) is 12.4. The summed E-state index contributed by atoms with van der Waals surface area (Å²) in [6, 6.07) is 12.8. The molecule has 1 aliphatic rings. The Bertz CT molecular complexity index is 537. The molecule has 92 valence electrons. The molecule has 0 bridgehead atoms. The predicted molar refractivity (Wildman–Crippen MR) is 75.1 cm³/mol. The van der Waals surface area contributed by atoms with Gasteiger partial charge in [-0.25, -0.2) is 4.98 Å². The number of aryl methyl sites for hydroxylation is 1. The summed E-state index contributed by atoms with van der Waals surface area (Å²) < 4.78 is 0. The molecule has 0 fully saturated rings. The van der Waals surface area contributed by atoms with Gasteiger partial charge in [-0.05, 0) is 24.1 Å². The lowest BCUT2D eigenvalue weighted by Gasteiger charge is -2.14. The van der Waals surface area contributed by atoms with Crippen LogP contribution in [0.4, 0.5) is 11.5 Å². The van der Waals surface area contributed by atoms with Crippen LogP contribution in [0.5, 0.6) is 0 Å². The van der Waals surface area contributed by atoms with Crippen molar-refractivity contribution in [3.05, 3.63) is 53.7 Å². The fourth-order valence-electron chi connectivity index (χ4n) is 2.33. The van der Waals surface area contributed by atoms with E-state index in [1.807, 2.05) is 6.20 Å². The van der Waals surface area contributed by atoms with Crippen molar-refractivity contribution in [3.8, 4) is 0 Å². The minimum absolute atomic E-state index is 0.473. The smallest absolute Gasteiger partial charge is 0.149 e. The molecule has 1 atom stereocenters. The molecule has 0 aliphatic carbocycles. The topological polar surface area (TPSA) is 37.0 Å². The van der Waals surface area contributed by atoms with E-state index in [1.165, 1.54) is 11.1 Å². The first kappa shape index (κ1) is 11.1. The van der Waals surface area contributed by atoms with Gasteiger partial charge in [0.15, 0.2) is 0 Å². The maximum Gasteiger partial charge on any atom is 0.149 e. The van der Waals surface area contributed by atoms with Gasteiger partial charge in [0, 0.05) is 25.2 Å². The summed E-state index contributed by atoms with van der Waals surface area (Å²) in [4.78, 5) is 4.43. The molecule has 2 N–H and O–H groups in total. The van der Waals surface area contributed by atoms with Crippen LogP contribution < -0.4 is 10.6 Å². The third-order valence-corrected chi connectivity index (χ3v) is 3.35. The molecule has 3 nitrogen and oxygen atoms in total. The van der Waals surface area contributed by atoms with E-state index >= 15 is 0 Å². The van der Waals surface area contributed by atoms with Crippen LogP contribution >= 0.6 is 0 Å². The van der Waals surface area contributed by atoms with Crippen molar-refractivity contribution in [1.29, 1.82) is 0 Å². The van der Waals surface area contributed by atoms with E-state index in [0.29, 0.717) is 5.92 Å². The second-order valence-corrected chi connectivity index (χ2v) is 4.78. The minimum atomic E-state index is 0.473. The number of pyridine rings is 1. The van der Waals surface area contributed by atoms with Gasteiger partial charge in [0.25, 0.3) is 0 Å². The van der Waals surface area contributed by atoms with Crippen molar-refractivity contribution >= 4 is 11.5 Å². The van der Waals surface area contributed by atoms with Crippen molar-refractivity contribution in [1.82, 2.24) is 4.98 Å². The summed E-state index contributed by atoms with van der Waals surface area (Å²) >= 11 is 0. The van der Waals surface area contributed by atoms with Gasteiger partial charge >= 0.3 is 0 Å². The zero-order valence-electron chi connectivity index (χ0n) is 10.5. The SMILES string of the molecule is Cc1cnc2c(c1)NCC(c1ccccc1)CN2. The van der Waals surface area contributed by atoms with Gasteiger partial charge in [0.05, 0.1) is 5.69 Å². The average Bonchev–Trinajstić information content (AvgIpc) is 2.62. The fraction of sp³-hybridized carbons (Fsp3) is 0.267. The van der Waals surface area contributed by atoms with Crippen LogP contribution in [0.15, 0.2) is 42.6 Å². The Morgan fingerprint density at radius 1 is 1.11 bits per heavy atom. The minimum Gasteiger partial charge on any atom is -0.381 e. The van der Waals surface area contributed by atoms with E-state index in [0.717, 1.165) is 24.6 Å². The Balaban J connectivity index is 1.83. The Morgan fingerprint density at radius 2 is 1.89 bits per heavy atom. The second-order valence-electron chi connectivity index (χ2n) is 4.78. The average molecular weight is 239 g/mol. The van der Waals surface area contributed by atoms with Crippen molar-refractivity contribution in [2.75, 3.05) is 23.7 Å². The quantitative estimate of drug-likeness (QED) is 0.803. The van der Waals surface area contributed by atoms with Crippen LogP contribution in [0, 0.1) is 6.92 Å². The van der Waals surface area contributed by atoms with Gasteiger partial charge in [0.2, 0.25) is 0 Å². The van der Waals surface area contributed by atoms with Crippen molar-refractivity contribution in [2.45, 2.75) is 12.8 Å². The lowest BCUT2D eigenvalue weighted by Crippen LogP contribution is -2.16. The predicted octanol–water partition coefficient (Wildman–Crippen LogP) is 3.01. The van der Waals surface area contributed by atoms with Crippen LogP contribution in [0.3, 0.4) is 0 Å². The summed E-state index contributed by atoms with van der Waals surface area (Å²) in [5.41, 5.74) is 3.65. The summed E-state index contributed by atoms with van der Waals surface area (Å²) in [5.74, 6) is 1.43. The molecule has 18 heavy (non-hydrogen) atoms. The monoisotopic (exact) mass is 239 g/mol. The largest absolute Gasteiger partial charge is 0.381 e. The third kappa shape index (κ3) is 2.16. The van der Waals surface area contributed by atoms with E-state index in [9.17, 15) is 0 Å². The number of nitrogens with one attached hydrogen (secondary N) is 2. The molecule has 2 heterocycles. The van der Waals surface area contributed by atoms with Crippen LogP contribution in [0.2, 0.25) is 0 Å². The summed E-state index contributed by atoms with van der Waals surface area (Å²) in [5, 5.41) is 6.92. The van der Waals surface area contributed by atoms with Gasteiger partial charge in [-0.1, -0.05) is 30.3 Å². The number of anilines is 2. The van der Waals surface area contributed by atoms with Gasteiger partial charge in [-0.3, -0.25) is 0 Å². The van der Waals surface area contributed by atoms with Crippen LogP contribution in [-0.2, 0) is 0 Å². The number of hydrogen-bond donors (Lipinski definition) is 2. The van der Waals surface area contributed by atoms with Crippen molar-refractivity contribution in [3.63, 3.8) is 0 Å². The molecule has 0 spiro atoms. The zero-order valence-corrected chi connectivity index (χ0v) is 10.5. The third-order valence-electron chi connectivity index (χ3n) is 3.35. The van der Waals surface area contributed by atoms with Gasteiger partial charge < -0.3 is 10.6 Å². The normalized spacial score (nSPS) is 18.2. The Hall–Kier alpha value is -2.03. The van der Waals surface area contributed by atoms with Gasteiger partial charge in [-0.15, -0.1) is 0 Å². The first-order valence-electron chi connectivity index (χ1n) is 6.32. The second kappa shape index (κ2) is 4.69. The van der Waals surface area contributed by atoms with Gasteiger partial charge in [0.1, 0.15) is 5.82 Å².